The standard InChI is InChI=1S/C13H15N3O2/c17-8-13(3-4-13)7-14-12(18)9-1-2-10-6-15-16-11(10)5-9/h1-2,5-6,17H,3-4,7-8H2,(H,14,18)(H,15,16). The van der Waals surface area contributed by atoms with E-state index in [9.17, 15) is 9.90 Å². The van der Waals surface area contributed by atoms with Crippen LogP contribution in [-0.2, 0) is 0 Å². The normalized spacial score (nSPS) is 16.7. The highest BCUT2D eigenvalue weighted by molar-refractivity contribution is 5.97. The van der Waals surface area contributed by atoms with E-state index >= 15 is 0 Å². The molecule has 3 rings (SSSR count). The van der Waals surface area contributed by atoms with Crippen LogP contribution in [0.1, 0.15) is 23.2 Å². The number of nitrogens with one attached hydrogen (secondary N) is 2. The molecule has 2 aromatic rings. The van der Waals surface area contributed by atoms with Gasteiger partial charge in [0.1, 0.15) is 0 Å². The molecule has 1 heterocycles. The first kappa shape index (κ1) is 11.2. The number of fused-ring (bicyclic) bond motifs is 1. The highest BCUT2D eigenvalue weighted by Crippen LogP contribution is 2.44. The van der Waals surface area contributed by atoms with Crippen molar-refractivity contribution in [3.63, 3.8) is 0 Å². The van der Waals surface area contributed by atoms with E-state index in [2.05, 4.69) is 15.5 Å². The molecule has 0 spiro atoms. The van der Waals surface area contributed by atoms with Gasteiger partial charge in [0.15, 0.2) is 0 Å². The van der Waals surface area contributed by atoms with Crippen LogP contribution >= 0.6 is 0 Å². The van der Waals surface area contributed by atoms with Crippen molar-refractivity contribution >= 4 is 16.8 Å². The van der Waals surface area contributed by atoms with Gasteiger partial charge in [-0.25, -0.2) is 0 Å². The maximum Gasteiger partial charge on any atom is 0.251 e. The number of amides is 1. The van der Waals surface area contributed by atoms with Crippen molar-refractivity contribution in [3.8, 4) is 0 Å². The lowest BCUT2D eigenvalue weighted by Crippen LogP contribution is -2.31. The third-order valence-electron chi connectivity index (χ3n) is 3.62. The van der Waals surface area contributed by atoms with Crippen molar-refractivity contribution < 1.29 is 9.90 Å². The van der Waals surface area contributed by atoms with Crippen LogP contribution in [-0.4, -0.2) is 34.4 Å². The second kappa shape index (κ2) is 4.10. The Bertz CT molecular complexity index is 587. The molecule has 5 heteroatoms. The Labute approximate surface area is 104 Å². The predicted molar refractivity (Wildman–Crippen MR) is 67.2 cm³/mol. The van der Waals surface area contributed by atoms with Crippen LogP contribution in [0.2, 0.25) is 0 Å². The molecule has 0 radical (unpaired) electrons. The van der Waals surface area contributed by atoms with Gasteiger partial charge in [0.25, 0.3) is 5.91 Å². The Morgan fingerprint density at radius 1 is 1.50 bits per heavy atom. The second-order valence-corrected chi connectivity index (χ2v) is 5.01. The molecule has 1 aromatic heterocycles. The first-order chi connectivity index (χ1) is 8.72. The van der Waals surface area contributed by atoms with E-state index < -0.39 is 0 Å². The minimum atomic E-state index is -0.105. The van der Waals surface area contributed by atoms with Gasteiger partial charge in [-0.05, 0) is 25.0 Å². The number of carbonyl (C=O) groups is 1. The molecule has 18 heavy (non-hydrogen) atoms. The van der Waals surface area contributed by atoms with Crippen molar-refractivity contribution in [1.82, 2.24) is 15.5 Å². The lowest BCUT2D eigenvalue weighted by atomic mass is 10.1. The molecule has 1 amide bonds. The zero-order valence-electron chi connectivity index (χ0n) is 9.94. The molecular formula is C13H15N3O2. The predicted octanol–water partition coefficient (Wildman–Crippen LogP) is 1.07. The molecule has 0 atom stereocenters. The zero-order chi connectivity index (χ0) is 12.6. The Morgan fingerprint density at radius 3 is 3.06 bits per heavy atom. The lowest BCUT2D eigenvalue weighted by Gasteiger charge is -2.12. The van der Waals surface area contributed by atoms with Gasteiger partial charge in [-0.15, -0.1) is 0 Å². The number of aliphatic hydroxyl groups is 1. The maximum atomic E-state index is 12.0. The van der Waals surface area contributed by atoms with Gasteiger partial charge in [0.2, 0.25) is 0 Å². The third kappa shape index (κ3) is 1.97. The van der Waals surface area contributed by atoms with Gasteiger partial charge < -0.3 is 10.4 Å². The Kier molecular flexibility index (Phi) is 2.56. The van der Waals surface area contributed by atoms with Crippen LogP contribution in [0, 0.1) is 5.41 Å². The van der Waals surface area contributed by atoms with Crippen LogP contribution in [0.3, 0.4) is 0 Å². The van der Waals surface area contributed by atoms with Crippen molar-refractivity contribution in [3.05, 3.63) is 30.0 Å². The van der Waals surface area contributed by atoms with Gasteiger partial charge in [0.05, 0.1) is 18.3 Å². The molecule has 1 aliphatic carbocycles. The van der Waals surface area contributed by atoms with E-state index in [1.165, 1.54) is 0 Å². The lowest BCUT2D eigenvalue weighted by molar-refractivity contribution is 0.0935. The summed E-state index contributed by atoms with van der Waals surface area (Å²) in [6, 6.07) is 5.44. The van der Waals surface area contributed by atoms with Crippen molar-refractivity contribution in [2.45, 2.75) is 12.8 Å². The summed E-state index contributed by atoms with van der Waals surface area (Å²) in [5.41, 5.74) is 1.40. The number of H-pyrrole nitrogens is 1. The fourth-order valence-electron chi connectivity index (χ4n) is 2.02. The number of rotatable bonds is 4. The number of hydrogen-bond acceptors (Lipinski definition) is 3. The minimum absolute atomic E-state index is 0.0618. The zero-order valence-corrected chi connectivity index (χ0v) is 9.94. The van der Waals surface area contributed by atoms with Crippen molar-refractivity contribution in [2.24, 2.45) is 5.41 Å². The smallest absolute Gasteiger partial charge is 0.251 e. The van der Waals surface area contributed by atoms with Crippen LogP contribution in [0.15, 0.2) is 24.4 Å². The molecule has 1 aromatic carbocycles. The molecule has 1 saturated carbocycles. The van der Waals surface area contributed by atoms with Gasteiger partial charge in [-0.3, -0.25) is 9.89 Å². The average molecular weight is 245 g/mol. The highest BCUT2D eigenvalue weighted by Gasteiger charge is 2.42. The monoisotopic (exact) mass is 245 g/mol. The van der Waals surface area contributed by atoms with Gasteiger partial charge >= 0.3 is 0 Å². The van der Waals surface area contributed by atoms with E-state index in [-0.39, 0.29) is 17.9 Å². The molecule has 1 fully saturated rings. The number of carbonyl (C=O) groups excluding carboxylic acids is 1. The highest BCUT2D eigenvalue weighted by atomic mass is 16.3. The molecule has 3 N–H and O–H groups in total. The largest absolute Gasteiger partial charge is 0.396 e. The second-order valence-electron chi connectivity index (χ2n) is 5.01. The Morgan fingerprint density at radius 2 is 2.33 bits per heavy atom. The van der Waals surface area contributed by atoms with E-state index in [1.807, 2.05) is 6.07 Å². The fraction of sp³-hybridized carbons (Fsp3) is 0.385. The molecule has 5 nitrogen and oxygen atoms in total. The van der Waals surface area contributed by atoms with E-state index in [0.29, 0.717) is 12.1 Å². The molecule has 0 bridgehead atoms. The number of nitrogens with zero attached hydrogens (tertiary/aromatic N) is 1. The number of aromatic amines is 1. The summed E-state index contributed by atoms with van der Waals surface area (Å²) in [6.07, 6.45) is 3.70. The van der Waals surface area contributed by atoms with Crippen LogP contribution in [0.5, 0.6) is 0 Å². The SMILES string of the molecule is O=C(NCC1(CO)CC1)c1ccc2cn[nH]c2c1. The fourth-order valence-corrected chi connectivity index (χ4v) is 2.02. The summed E-state index contributed by atoms with van der Waals surface area (Å²) in [5.74, 6) is -0.105. The summed E-state index contributed by atoms with van der Waals surface area (Å²) in [6.45, 7) is 0.691. The van der Waals surface area contributed by atoms with E-state index in [0.717, 1.165) is 23.7 Å². The summed E-state index contributed by atoms with van der Waals surface area (Å²) in [4.78, 5) is 12.0. The minimum Gasteiger partial charge on any atom is -0.396 e. The van der Waals surface area contributed by atoms with Gasteiger partial charge in [-0.2, -0.15) is 5.10 Å². The Hall–Kier alpha value is -1.88. The Balaban J connectivity index is 1.71. The number of benzene rings is 1. The first-order valence-electron chi connectivity index (χ1n) is 6.05. The summed E-state index contributed by atoms with van der Waals surface area (Å²) >= 11 is 0. The summed E-state index contributed by atoms with van der Waals surface area (Å²) < 4.78 is 0. The molecule has 1 aliphatic rings. The van der Waals surface area contributed by atoms with E-state index in [4.69, 9.17) is 0 Å². The number of aliphatic hydroxyl groups excluding tert-OH is 1. The maximum absolute atomic E-state index is 12.0. The summed E-state index contributed by atoms with van der Waals surface area (Å²) in [7, 11) is 0. The summed E-state index contributed by atoms with van der Waals surface area (Å²) in [5, 5.41) is 19.8. The molecule has 0 unspecified atom stereocenters. The average Bonchev–Trinajstić information content (AvgIpc) is 3.04. The van der Waals surface area contributed by atoms with Crippen LogP contribution in [0.25, 0.3) is 10.9 Å². The first-order valence-corrected chi connectivity index (χ1v) is 6.05. The van der Waals surface area contributed by atoms with Crippen LogP contribution < -0.4 is 5.32 Å². The third-order valence-corrected chi connectivity index (χ3v) is 3.62. The number of aromatic nitrogens is 2. The van der Waals surface area contributed by atoms with E-state index in [1.54, 1.807) is 18.3 Å². The topological polar surface area (TPSA) is 78.0 Å². The van der Waals surface area contributed by atoms with Gasteiger partial charge in [-0.1, -0.05) is 6.07 Å². The molecule has 0 saturated heterocycles. The molecule has 94 valence electrons. The number of hydrogen-bond donors (Lipinski definition) is 3. The molecular weight excluding hydrogens is 230 g/mol. The van der Waals surface area contributed by atoms with Crippen molar-refractivity contribution in [1.29, 1.82) is 0 Å². The van der Waals surface area contributed by atoms with Crippen LogP contribution in [0.4, 0.5) is 0 Å². The van der Waals surface area contributed by atoms with Gasteiger partial charge in [0, 0.05) is 22.9 Å². The quantitative estimate of drug-likeness (QED) is 0.753. The molecule has 0 aliphatic heterocycles. The van der Waals surface area contributed by atoms with Crippen molar-refractivity contribution in [2.75, 3.05) is 13.2 Å².